The van der Waals surface area contributed by atoms with Gasteiger partial charge in [-0.25, -0.2) is 0 Å². The van der Waals surface area contributed by atoms with Crippen molar-refractivity contribution in [1.82, 2.24) is 14.6 Å². The zero-order valence-electron chi connectivity index (χ0n) is 9.42. The topological polar surface area (TPSA) is 50.4 Å². The molecule has 4 nitrogen and oxygen atoms in total. The van der Waals surface area contributed by atoms with Crippen LogP contribution in [0.15, 0.2) is 47.1 Å². The van der Waals surface area contributed by atoms with Crippen LogP contribution in [0.1, 0.15) is 11.4 Å². The molecule has 90 valence electrons. The molecule has 0 amide bonds. The molecule has 5 heteroatoms. The van der Waals surface area contributed by atoms with Crippen LogP contribution in [0.2, 0.25) is 0 Å². The summed E-state index contributed by atoms with van der Waals surface area (Å²) in [7, 11) is 0. The highest BCUT2D eigenvalue weighted by atomic mass is 79.9. The van der Waals surface area contributed by atoms with Crippen LogP contribution in [-0.2, 0) is 6.42 Å². The van der Waals surface area contributed by atoms with Crippen molar-refractivity contribution >= 4 is 21.6 Å². The van der Waals surface area contributed by atoms with Crippen LogP contribution < -0.4 is 0 Å². The minimum absolute atomic E-state index is 0.142. The summed E-state index contributed by atoms with van der Waals surface area (Å²) < 4.78 is 2.84. The average molecular weight is 304 g/mol. The van der Waals surface area contributed by atoms with Gasteiger partial charge in [-0.15, -0.1) is 10.2 Å². The van der Waals surface area contributed by atoms with E-state index in [0.29, 0.717) is 12.1 Å². The zero-order valence-corrected chi connectivity index (χ0v) is 11.0. The fourth-order valence-electron chi connectivity index (χ4n) is 1.88. The van der Waals surface area contributed by atoms with Crippen molar-refractivity contribution in [3.8, 4) is 5.75 Å². The van der Waals surface area contributed by atoms with Gasteiger partial charge in [-0.3, -0.25) is 4.40 Å². The minimum Gasteiger partial charge on any atom is -0.504 e. The first-order valence-electron chi connectivity index (χ1n) is 5.51. The molecule has 3 aromatic rings. The number of pyridine rings is 1. The largest absolute Gasteiger partial charge is 0.504 e. The molecule has 1 aromatic carbocycles. The van der Waals surface area contributed by atoms with Gasteiger partial charge in [-0.1, -0.05) is 34.1 Å². The third-order valence-corrected chi connectivity index (χ3v) is 3.56. The fraction of sp³-hybridized carbons (Fsp3) is 0.0769. The second-order valence-electron chi connectivity index (χ2n) is 3.97. The number of benzene rings is 1. The average Bonchev–Trinajstić information content (AvgIpc) is 2.77. The highest BCUT2D eigenvalue weighted by Crippen LogP contribution is 2.21. The Morgan fingerprint density at radius 1 is 1.11 bits per heavy atom. The summed E-state index contributed by atoms with van der Waals surface area (Å²) in [5, 5.41) is 17.8. The van der Waals surface area contributed by atoms with Crippen LogP contribution >= 0.6 is 15.9 Å². The molecule has 0 aliphatic rings. The molecule has 2 heterocycles. The molecule has 0 fully saturated rings. The summed E-state index contributed by atoms with van der Waals surface area (Å²) in [6, 6.07) is 11.4. The van der Waals surface area contributed by atoms with E-state index in [2.05, 4.69) is 26.1 Å². The first-order chi connectivity index (χ1) is 8.75. The second kappa shape index (κ2) is 4.42. The lowest BCUT2D eigenvalue weighted by atomic mass is 10.1. The van der Waals surface area contributed by atoms with Gasteiger partial charge in [-0.05, 0) is 23.8 Å². The number of fused-ring (bicyclic) bond motifs is 1. The van der Waals surface area contributed by atoms with Gasteiger partial charge < -0.3 is 5.11 Å². The van der Waals surface area contributed by atoms with E-state index in [1.165, 1.54) is 0 Å². The van der Waals surface area contributed by atoms with Crippen molar-refractivity contribution in [1.29, 1.82) is 0 Å². The number of hydrogen-bond donors (Lipinski definition) is 1. The van der Waals surface area contributed by atoms with Crippen molar-refractivity contribution in [3.63, 3.8) is 0 Å². The predicted molar refractivity (Wildman–Crippen MR) is 71.6 cm³/mol. The monoisotopic (exact) mass is 303 g/mol. The Hall–Kier alpha value is -1.88. The number of rotatable bonds is 2. The van der Waals surface area contributed by atoms with Gasteiger partial charge >= 0.3 is 0 Å². The van der Waals surface area contributed by atoms with Crippen LogP contribution in [0.25, 0.3) is 5.65 Å². The summed E-state index contributed by atoms with van der Waals surface area (Å²) in [5.74, 6) is 0.941. The molecule has 0 atom stereocenters. The van der Waals surface area contributed by atoms with Gasteiger partial charge in [0.2, 0.25) is 5.65 Å². The van der Waals surface area contributed by atoms with Gasteiger partial charge in [0.25, 0.3) is 0 Å². The predicted octanol–water partition coefficient (Wildman–Crippen LogP) is 2.79. The highest BCUT2D eigenvalue weighted by molar-refractivity contribution is 9.10. The maximum atomic E-state index is 9.67. The van der Waals surface area contributed by atoms with E-state index in [0.717, 1.165) is 15.9 Å². The molecule has 0 unspecified atom stereocenters. The normalized spacial score (nSPS) is 10.9. The highest BCUT2D eigenvalue weighted by Gasteiger charge is 2.10. The van der Waals surface area contributed by atoms with Crippen LogP contribution in [-0.4, -0.2) is 19.7 Å². The van der Waals surface area contributed by atoms with Gasteiger partial charge in [-0.2, -0.15) is 0 Å². The molecule has 0 saturated carbocycles. The Labute approximate surface area is 112 Å². The summed E-state index contributed by atoms with van der Waals surface area (Å²) in [4.78, 5) is 0. The fourth-order valence-corrected chi connectivity index (χ4v) is 2.31. The molecular weight excluding hydrogens is 294 g/mol. The second-order valence-corrected chi connectivity index (χ2v) is 4.83. The van der Waals surface area contributed by atoms with Gasteiger partial charge in [0, 0.05) is 17.1 Å². The standard InChI is InChI=1S/C13H10BrN3O/c14-10-5-2-1-4-9(10)8-12-15-16-13-11(18)6-3-7-17(12)13/h1-7,18H,8H2. The number of hydrogen-bond acceptors (Lipinski definition) is 3. The van der Waals surface area contributed by atoms with Crippen molar-refractivity contribution in [3.05, 3.63) is 58.5 Å². The summed E-state index contributed by atoms with van der Waals surface area (Å²) in [5.41, 5.74) is 1.62. The molecule has 2 aromatic heterocycles. The van der Waals surface area contributed by atoms with Crippen LogP contribution in [0, 0.1) is 0 Å². The number of aromatic hydroxyl groups is 1. The Bertz CT molecular complexity index is 708. The van der Waals surface area contributed by atoms with Crippen molar-refractivity contribution < 1.29 is 5.11 Å². The first kappa shape index (κ1) is 11.2. The molecule has 3 rings (SSSR count). The Morgan fingerprint density at radius 3 is 2.78 bits per heavy atom. The van der Waals surface area contributed by atoms with Crippen molar-refractivity contribution in [2.75, 3.05) is 0 Å². The minimum atomic E-state index is 0.142. The summed E-state index contributed by atoms with van der Waals surface area (Å²) in [6.45, 7) is 0. The van der Waals surface area contributed by atoms with Crippen LogP contribution in [0.5, 0.6) is 5.75 Å². The maximum Gasteiger partial charge on any atom is 0.203 e. The SMILES string of the molecule is Oc1cccn2c(Cc3ccccc3Br)nnc12. The lowest BCUT2D eigenvalue weighted by molar-refractivity contribution is 0.477. The third-order valence-electron chi connectivity index (χ3n) is 2.79. The maximum absolute atomic E-state index is 9.67. The van der Waals surface area contributed by atoms with Gasteiger partial charge in [0.05, 0.1) is 0 Å². The number of halogens is 1. The molecular formula is C13H10BrN3O. The van der Waals surface area contributed by atoms with Crippen molar-refractivity contribution in [2.45, 2.75) is 6.42 Å². The van der Waals surface area contributed by atoms with Gasteiger partial charge in [0.1, 0.15) is 5.82 Å². The zero-order chi connectivity index (χ0) is 12.5. The third kappa shape index (κ3) is 1.86. The molecule has 0 aliphatic heterocycles. The Kier molecular flexibility index (Phi) is 2.76. The van der Waals surface area contributed by atoms with E-state index >= 15 is 0 Å². The van der Waals surface area contributed by atoms with E-state index in [1.54, 1.807) is 16.5 Å². The summed E-state index contributed by atoms with van der Waals surface area (Å²) >= 11 is 3.51. The van der Waals surface area contributed by atoms with E-state index in [1.807, 2.05) is 30.5 Å². The molecule has 0 saturated heterocycles. The lowest BCUT2D eigenvalue weighted by Gasteiger charge is -2.03. The molecule has 1 N–H and O–H groups in total. The van der Waals surface area contributed by atoms with Crippen LogP contribution in [0.4, 0.5) is 0 Å². The molecule has 0 radical (unpaired) electrons. The Balaban J connectivity index is 2.06. The molecule has 0 spiro atoms. The number of nitrogens with zero attached hydrogens (tertiary/aromatic N) is 3. The molecule has 18 heavy (non-hydrogen) atoms. The Morgan fingerprint density at radius 2 is 1.94 bits per heavy atom. The quantitative estimate of drug-likeness (QED) is 0.792. The van der Waals surface area contributed by atoms with Gasteiger partial charge in [0.15, 0.2) is 5.75 Å². The first-order valence-corrected chi connectivity index (χ1v) is 6.30. The van der Waals surface area contributed by atoms with E-state index in [-0.39, 0.29) is 5.75 Å². The number of aromatic nitrogens is 3. The van der Waals surface area contributed by atoms with E-state index < -0.39 is 0 Å². The molecule has 0 aliphatic carbocycles. The molecule has 0 bridgehead atoms. The smallest absolute Gasteiger partial charge is 0.203 e. The lowest BCUT2D eigenvalue weighted by Crippen LogP contribution is -1.96. The van der Waals surface area contributed by atoms with Crippen molar-refractivity contribution in [2.24, 2.45) is 0 Å². The van der Waals surface area contributed by atoms with Crippen LogP contribution in [0.3, 0.4) is 0 Å². The van der Waals surface area contributed by atoms with E-state index in [9.17, 15) is 5.11 Å². The summed E-state index contributed by atoms with van der Waals surface area (Å²) in [6.07, 6.45) is 2.51. The van der Waals surface area contributed by atoms with E-state index in [4.69, 9.17) is 0 Å².